The number of carboxylic acids is 1. The molecule has 0 spiro atoms. The maximum atomic E-state index is 13.3. The highest BCUT2D eigenvalue weighted by molar-refractivity contribution is 7.89. The number of carbonyl (C=O) groups excluding carboxylic acids is 2. The first-order valence-corrected chi connectivity index (χ1v) is 15.9. The molecule has 1 aromatic carbocycles. The maximum absolute atomic E-state index is 13.3. The summed E-state index contributed by atoms with van der Waals surface area (Å²) in [5.41, 5.74) is 0.694. The summed E-state index contributed by atoms with van der Waals surface area (Å²) in [4.78, 5) is 40.2. The lowest BCUT2D eigenvalue weighted by atomic mass is 9.84. The number of benzene rings is 1. The molecule has 2 heterocycles. The Bertz CT molecular complexity index is 1090. The van der Waals surface area contributed by atoms with Gasteiger partial charge in [0.2, 0.25) is 5.91 Å². The molecule has 5 N–H and O–H groups in total. The van der Waals surface area contributed by atoms with E-state index in [1.807, 2.05) is 0 Å². The van der Waals surface area contributed by atoms with Crippen molar-refractivity contribution in [1.29, 1.82) is 0 Å². The number of hydrogen-bond acceptors (Lipinski definition) is 7. The molecule has 2 saturated heterocycles. The van der Waals surface area contributed by atoms with Gasteiger partial charge in [0.05, 0.1) is 11.4 Å². The van der Waals surface area contributed by atoms with Gasteiger partial charge >= 0.3 is 5.97 Å². The number of amides is 2. The predicted octanol–water partition coefficient (Wildman–Crippen LogP) is 2.63. The molecule has 0 aromatic heterocycles. The van der Waals surface area contributed by atoms with E-state index < -0.39 is 34.5 Å². The monoisotopic (exact) mass is 651 g/mol. The fraction of sp³-hybridized carbons (Fsp3) is 0.679. The number of nitrogens with zero attached hydrogens (tertiary/aromatic N) is 1. The van der Waals surface area contributed by atoms with Gasteiger partial charge in [-0.15, -0.1) is 29.6 Å². The molecule has 1 aromatic rings. The summed E-state index contributed by atoms with van der Waals surface area (Å²) in [6.45, 7) is 6.38. The Morgan fingerprint density at radius 2 is 1.50 bits per heavy atom. The van der Waals surface area contributed by atoms with Crippen LogP contribution in [0.2, 0.25) is 0 Å². The minimum atomic E-state index is -4.23. The summed E-state index contributed by atoms with van der Waals surface area (Å²) in [6, 6.07) is 4.59. The van der Waals surface area contributed by atoms with Gasteiger partial charge in [0.1, 0.15) is 6.04 Å². The highest BCUT2D eigenvalue weighted by atomic mass is 35.5. The molecule has 2 aliphatic rings. The lowest BCUT2D eigenvalue weighted by Crippen LogP contribution is -2.56. The zero-order valence-electron chi connectivity index (χ0n) is 24.5. The van der Waals surface area contributed by atoms with Crippen LogP contribution < -0.4 is 20.8 Å². The van der Waals surface area contributed by atoms with Crippen LogP contribution in [0.25, 0.3) is 0 Å². The minimum Gasteiger partial charge on any atom is -0.480 e. The van der Waals surface area contributed by atoms with E-state index in [4.69, 9.17) is 0 Å². The fourth-order valence-electron chi connectivity index (χ4n) is 5.43. The van der Waals surface area contributed by atoms with Gasteiger partial charge in [-0.1, -0.05) is 12.1 Å². The van der Waals surface area contributed by atoms with Crippen molar-refractivity contribution in [2.75, 3.05) is 32.7 Å². The highest BCUT2D eigenvalue weighted by Crippen LogP contribution is 2.27. The molecule has 0 aliphatic carbocycles. The highest BCUT2D eigenvalue weighted by Gasteiger charge is 2.31. The molecule has 2 aliphatic heterocycles. The van der Waals surface area contributed by atoms with E-state index in [1.54, 1.807) is 19.1 Å². The van der Waals surface area contributed by atoms with Crippen LogP contribution in [0.1, 0.15) is 63.9 Å². The third-order valence-corrected chi connectivity index (χ3v) is 9.39. The van der Waals surface area contributed by atoms with Crippen molar-refractivity contribution in [2.45, 2.75) is 76.2 Å². The van der Waals surface area contributed by atoms with Crippen LogP contribution in [0.3, 0.4) is 0 Å². The number of carboxylic acid groups (broad SMARTS) is 1. The third-order valence-electron chi connectivity index (χ3n) is 8.08. The van der Waals surface area contributed by atoms with Crippen LogP contribution in [0.4, 0.5) is 0 Å². The van der Waals surface area contributed by atoms with E-state index in [0.29, 0.717) is 22.4 Å². The summed E-state index contributed by atoms with van der Waals surface area (Å²) in [5, 5.41) is 19.5. The lowest BCUT2D eigenvalue weighted by molar-refractivity contribution is -0.150. The number of sulfonamides is 1. The van der Waals surface area contributed by atoms with Crippen molar-refractivity contribution in [2.24, 2.45) is 17.8 Å². The van der Waals surface area contributed by atoms with Crippen LogP contribution >= 0.6 is 24.8 Å². The number of piperidine rings is 2. The Morgan fingerprint density at radius 3 is 1.98 bits per heavy atom. The van der Waals surface area contributed by atoms with E-state index in [-0.39, 0.29) is 41.5 Å². The molecule has 2 amide bonds. The molecule has 2 fully saturated rings. The van der Waals surface area contributed by atoms with Crippen molar-refractivity contribution >= 4 is 52.6 Å². The second-order valence-corrected chi connectivity index (χ2v) is 12.8. The molecule has 3 rings (SSSR count). The predicted molar refractivity (Wildman–Crippen MR) is 166 cm³/mol. The smallest absolute Gasteiger partial charge is 0.327 e. The Labute approximate surface area is 262 Å². The van der Waals surface area contributed by atoms with E-state index in [0.717, 1.165) is 77.5 Å². The van der Waals surface area contributed by atoms with E-state index in [1.165, 1.54) is 19.1 Å². The first kappa shape index (κ1) is 38.1. The Hall–Kier alpha value is -1.96. The molecule has 11 nitrogen and oxygen atoms in total. The number of hydrogen-bond donors (Lipinski definition) is 5. The molecule has 14 heteroatoms. The van der Waals surface area contributed by atoms with Crippen LogP contribution in [-0.2, 0) is 24.4 Å². The van der Waals surface area contributed by atoms with Crippen LogP contribution in [0, 0.1) is 24.7 Å². The first-order valence-electron chi connectivity index (χ1n) is 14.4. The summed E-state index contributed by atoms with van der Waals surface area (Å²) in [6.07, 6.45) is 7.69. The van der Waals surface area contributed by atoms with Gasteiger partial charge in [0, 0.05) is 5.92 Å². The van der Waals surface area contributed by atoms with E-state index in [2.05, 4.69) is 20.8 Å². The number of carbonyl (C=O) groups is 3. The molecule has 240 valence electrons. The maximum Gasteiger partial charge on any atom is 0.327 e. The van der Waals surface area contributed by atoms with Crippen LogP contribution in [0.15, 0.2) is 29.2 Å². The van der Waals surface area contributed by atoms with Crippen molar-refractivity contribution in [3.05, 3.63) is 29.8 Å². The standard InChI is InChI=1S/C28H45N5O6S.2ClH/c1-20-4-3-5-25(18-20)40(38,39)32-33(21(2)28(36)37)26(34)19-31-27(35)24(8-6-22-10-14-29-15-11-22)9-7-23-12-16-30-17-13-23;;/h3-5,18,21-24,29-30,32H,6-17,19H2,1-2H3,(H,31,35)(H,36,37);2*1H. The topological polar surface area (TPSA) is 157 Å². The molecule has 42 heavy (non-hydrogen) atoms. The van der Waals surface area contributed by atoms with Gasteiger partial charge in [-0.25, -0.2) is 18.2 Å². The van der Waals surface area contributed by atoms with E-state index >= 15 is 0 Å². The fourth-order valence-corrected chi connectivity index (χ4v) is 6.66. The average Bonchev–Trinajstić information content (AvgIpc) is 2.95. The Kier molecular flexibility index (Phi) is 16.9. The molecule has 0 bridgehead atoms. The zero-order valence-corrected chi connectivity index (χ0v) is 26.9. The van der Waals surface area contributed by atoms with Gasteiger partial charge in [0.25, 0.3) is 15.9 Å². The minimum absolute atomic E-state index is 0. The largest absolute Gasteiger partial charge is 0.480 e. The number of halogens is 2. The average molecular weight is 653 g/mol. The SMILES string of the molecule is Cc1cccc(S(=O)(=O)NN(C(=O)CNC(=O)C(CCC2CCNCC2)CCC2CCNCC2)C(C)C(=O)O)c1.Cl.Cl. The van der Waals surface area contributed by atoms with Crippen LogP contribution in [0.5, 0.6) is 0 Å². The second kappa shape index (κ2) is 18.6. The third kappa shape index (κ3) is 12.0. The number of hydrazine groups is 1. The number of aryl methyl sites for hydroxylation is 1. The van der Waals surface area contributed by atoms with E-state index in [9.17, 15) is 27.9 Å². The van der Waals surface area contributed by atoms with Gasteiger partial charge < -0.3 is 21.1 Å². The van der Waals surface area contributed by atoms with Crippen LogP contribution in [-0.4, -0.2) is 75.1 Å². The second-order valence-electron chi connectivity index (χ2n) is 11.1. The van der Waals surface area contributed by atoms with Gasteiger partial charge in [-0.2, -0.15) is 0 Å². The first-order chi connectivity index (χ1) is 19.1. The summed E-state index contributed by atoms with van der Waals surface area (Å²) < 4.78 is 25.9. The lowest BCUT2D eigenvalue weighted by Gasteiger charge is -2.28. The number of rotatable bonds is 14. The molecular weight excluding hydrogens is 605 g/mol. The van der Waals surface area contributed by atoms with Gasteiger partial charge in [0.15, 0.2) is 0 Å². The normalized spacial score (nSPS) is 17.0. The quantitative estimate of drug-likeness (QED) is 0.192. The van der Waals surface area contributed by atoms with Gasteiger partial charge in [-0.05, 0) is 121 Å². The zero-order chi connectivity index (χ0) is 29.1. The summed E-state index contributed by atoms with van der Waals surface area (Å²) in [5.74, 6) is -1.60. The number of nitrogens with one attached hydrogen (secondary N) is 4. The molecule has 0 radical (unpaired) electrons. The molecule has 1 unspecified atom stereocenters. The summed E-state index contributed by atoms with van der Waals surface area (Å²) in [7, 11) is -4.23. The van der Waals surface area contributed by atoms with Crippen molar-refractivity contribution < 1.29 is 27.9 Å². The van der Waals surface area contributed by atoms with Gasteiger partial charge in [-0.3, -0.25) is 9.59 Å². The van der Waals surface area contributed by atoms with Crippen molar-refractivity contribution in [3.8, 4) is 0 Å². The Balaban J connectivity index is 0.00000441. The molecule has 0 saturated carbocycles. The van der Waals surface area contributed by atoms with Crippen molar-refractivity contribution in [3.63, 3.8) is 0 Å². The summed E-state index contributed by atoms with van der Waals surface area (Å²) >= 11 is 0. The number of aliphatic carboxylic acids is 1. The Morgan fingerprint density at radius 1 is 0.976 bits per heavy atom. The van der Waals surface area contributed by atoms with Crippen molar-refractivity contribution in [1.82, 2.24) is 25.8 Å². The molecular formula is C28H47Cl2N5O6S. The molecule has 1 atom stereocenters.